The SMILES string of the molecule is COCC(O)CN(C)c1ccc([N+](=O)[O-])cc1C(=O)O. The molecule has 1 atom stereocenters. The third-order valence-electron chi connectivity index (χ3n) is 2.68. The van der Waals surface area contributed by atoms with Gasteiger partial charge in [0.05, 0.1) is 28.9 Å². The number of carbonyl (C=O) groups is 1. The molecular formula is C12H16N2O6. The van der Waals surface area contributed by atoms with Crippen LogP contribution in [0.5, 0.6) is 0 Å². The van der Waals surface area contributed by atoms with Gasteiger partial charge in [0.25, 0.3) is 5.69 Å². The third-order valence-corrected chi connectivity index (χ3v) is 2.68. The van der Waals surface area contributed by atoms with Crippen LogP contribution in [-0.4, -0.2) is 54.5 Å². The molecule has 0 spiro atoms. The lowest BCUT2D eigenvalue weighted by atomic mass is 10.1. The lowest BCUT2D eigenvalue weighted by Gasteiger charge is -2.23. The minimum Gasteiger partial charge on any atom is -0.478 e. The zero-order valence-electron chi connectivity index (χ0n) is 11.1. The van der Waals surface area contributed by atoms with Crippen LogP contribution in [0, 0.1) is 10.1 Å². The van der Waals surface area contributed by atoms with E-state index in [0.717, 1.165) is 6.07 Å². The first-order valence-corrected chi connectivity index (χ1v) is 5.76. The molecule has 20 heavy (non-hydrogen) atoms. The smallest absolute Gasteiger partial charge is 0.338 e. The van der Waals surface area contributed by atoms with Crippen LogP contribution in [0.4, 0.5) is 11.4 Å². The van der Waals surface area contributed by atoms with Gasteiger partial charge in [0.15, 0.2) is 0 Å². The Morgan fingerprint density at radius 1 is 1.55 bits per heavy atom. The fourth-order valence-corrected chi connectivity index (χ4v) is 1.80. The molecule has 0 saturated heterocycles. The Morgan fingerprint density at radius 3 is 2.70 bits per heavy atom. The van der Waals surface area contributed by atoms with E-state index in [4.69, 9.17) is 9.84 Å². The van der Waals surface area contributed by atoms with Gasteiger partial charge in [-0.15, -0.1) is 0 Å². The number of anilines is 1. The predicted octanol–water partition coefficient (Wildman–Crippen LogP) is 0.736. The van der Waals surface area contributed by atoms with Gasteiger partial charge >= 0.3 is 5.97 Å². The number of rotatable bonds is 7. The lowest BCUT2D eigenvalue weighted by molar-refractivity contribution is -0.384. The molecule has 8 nitrogen and oxygen atoms in total. The van der Waals surface area contributed by atoms with Crippen molar-refractivity contribution in [2.75, 3.05) is 32.2 Å². The van der Waals surface area contributed by atoms with Gasteiger partial charge in [0, 0.05) is 32.8 Å². The molecule has 110 valence electrons. The van der Waals surface area contributed by atoms with E-state index in [9.17, 15) is 20.0 Å². The standard InChI is InChI=1S/C12H16N2O6/c1-13(6-9(15)7-20-2)11-4-3-8(14(18)19)5-10(11)12(16)17/h3-5,9,15H,6-7H2,1-2H3,(H,16,17). The molecule has 0 radical (unpaired) electrons. The van der Waals surface area contributed by atoms with Gasteiger partial charge in [-0.25, -0.2) is 4.79 Å². The average molecular weight is 284 g/mol. The van der Waals surface area contributed by atoms with Gasteiger partial charge in [-0.3, -0.25) is 10.1 Å². The summed E-state index contributed by atoms with van der Waals surface area (Å²) < 4.78 is 4.79. The summed E-state index contributed by atoms with van der Waals surface area (Å²) >= 11 is 0. The van der Waals surface area contributed by atoms with E-state index >= 15 is 0 Å². The van der Waals surface area contributed by atoms with Crippen LogP contribution in [0.1, 0.15) is 10.4 Å². The van der Waals surface area contributed by atoms with Gasteiger partial charge in [-0.05, 0) is 6.07 Å². The summed E-state index contributed by atoms with van der Waals surface area (Å²) in [5.74, 6) is -1.27. The Balaban J connectivity index is 3.04. The first-order valence-electron chi connectivity index (χ1n) is 5.76. The van der Waals surface area contributed by atoms with E-state index in [0.29, 0.717) is 5.69 Å². The molecule has 0 heterocycles. The van der Waals surface area contributed by atoms with Crippen LogP contribution in [0.15, 0.2) is 18.2 Å². The van der Waals surface area contributed by atoms with Gasteiger partial charge in [-0.1, -0.05) is 0 Å². The third kappa shape index (κ3) is 3.90. The summed E-state index contributed by atoms with van der Waals surface area (Å²) in [4.78, 5) is 22.7. The van der Waals surface area contributed by atoms with E-state index in [1.165, 1.54) is 24.1 Å². The van der Waals surface area contributed by atoms with Crippen LogP contribution in [-0.2, 0) is 4.74 Å². The second-order valence-electron chi connectivity index (χ2n) is 4.25. The monoisotopic (exact) mass is 284 g/mol. The molecule has 1 rings (SSSR count). The topological polar surface area (TPSA) is 113 Å². The molecular weight excluding hydrogens is 268 g/mol. The number of ether oxygens (including phenoxy) is 1. The minimum atomic E-state index is -1.27. The maximum atomic E-state index is 11.2. The number of aromatic carboxylic acids is 1. The molecule has 0 saturated carbocycles. The number of hydrogen-bond acceptors (Lipinski definition) is 6. The van der Waals surface area contributed by atoms with Crippen LogP contribution in [0.3, 0.4) is 0 Å². The highest BCUT2D eigenvalue weighted by Crippen LogP contribution is 2.25. The van der Waals surface area contributed by atoms with Gasteiger partial charge < -0.3 is 19.8 Å². The second-order valence-corrected chi connectivity index (χ2v) is 4.25. The van der Waals surface area contributed by atoms with Crippen molar-refractivity contribution in [2.45, 2.75) is 6.10 Å². The van der Waals surface area contributed by atoms with E-state index in [2.05, 4.69) is 0 Å². The van der Waals surface area contributed by atoms with Crippen LogP contribution in [0.25, 0.3) is 0 Å². The second kappa shape index (κ2) is 6.83. The number of methoxy groups -OCH3 is 1. The molecule has 1 unspecified atom stereocenters. The molecule has 0 bridgehead atoms. The number of nitrogens with zero attached hydrogens (tertiary/aromatic N) is 2. The number of aliphatic hydroxyl groups is 1. The number of nitro benzene ring substituents is 1. The Bertz CT molecular complexity index is 505. The fraction of sp³-hybridized carbons (Fsp3) is 0.417. The van der Waals surface area contributed by atoms with E-state index in [-0.39, 0.29) is 24.4 Å². The molecule has 0 aliphatic carbocycles. The van der Waals surface area contributed by atoms with Crippen molar-refractivity contribution >= 4 is 17.3 Å². The van der Waals surface area contributed by atoms with Crippen LogP contribution in [0.2, 0.25) is 0 Å². The van der Waals surface area contributed by atoms with Gasteiger partial charge in [0.2, 0.25) is 0 Å². The summed E-state index contributed by atoms with van der Waals surface area (Å²) in [5, 5.41) is 29.4. The van der Waals surface area contributed by atoms with Crippen molar-refractivity contribution in [1.29, 1.82) is 0 Å². The summed E-state index contributed by atoms with van der Waals surface area (Å²) in [6.45, 7) is 0.256. The Hall–Kier alpha value is -2.19. The number of benzene rings is 1. The molecule has 1 aromatic rings. The van der Waals surface area contributed by atoms with Crippen molar-refractivity contribution in [3.8, 4) is 0 Å². The summed E-state index contributed by atoms with van der Waals surface area (Å²) in [6.07, 6.45) is -0.790. The fourth-order valence-electron chi connectivity index (χ4n) is 1.80. The molecule has 0 aromatic heterocycles. The number of likely N-dealkylation sites (N-methyl/N-ethyl adjacent to an activating group) is 1. The molecule has 0 fully saturated rings. The van der Waals surface area contributed by atoms with Gasteiger partial charge in [0.1, 0.15) is 0 Å². The van der Waals surface area contributed by atoms with Gasteiger partial charge in [-0.2, -0.15) is 0 Å². The first-order chi connectivity index (χ1) is 9.36. The molecule has 0 amide bonds. The Kier molecular flexibility index (Phi) is 5.42. The number of carboxylic acids is 1. The van der Waals surface area contributed by atoms with Crippen molar-refractivity contribution in [3.63, 3.8) is 0 Å². The van der Waals surface area contributed by atoms with Crippen LogP contribution < -0.4 is 4.90 Å². The normalized spacial score (nSPS) is 11.9. The number of carboxylic acid groups (broad SMARTS) is 1. The number of hydrogen-bond donors (Lipinski definition) is 2. The van der Waals surface area contributed by atoms with Crippen LogP contribution >= 0.6 is 0 Å². The zero-order chi connectivity index (χ0) is 15.3. The highest BCUT2D eigenvalue weighted by atomic mass is 16.6. The zero-order valence-corrected chi connectivity index (χ0v) is 11.1. The highest BCUT2D eigenvalue weighted by molar-refractivity contribution is 5.95. The number of aliphatic hydroxyl groups excluding tert-OH is 1. The number of non-ortho nitro benzene ring substituents is 1. The van der Waals surface area contributed by atoms with E-state index < -0.39 is 17.0 Å². The van der Waals surface area contributed by atoms with Crippen molar-refractivity contribution in [2.24, 2.45) is 0 Å². The maximum Gasteiger partial charge on any atom is 0.338 e. The number of nitro groups is 1. The maximum absolute atomic E-state index is 11.2. The summed E-state index contributed by atoms with van der Waals surface area (Å²) in [7, 11) is 3.03. The molecule has 0 aliphatic rings. The highest BCUT2D eigenvalue weighted by Gasteiger charge is 2.19. The summed E-state index contributed by atoms with van der Waals surface area (Å²) in [6, 6.07) is 3.57. The van der Waals surface area contributed by atoms with Crippen molar-refractivity contribution < 1.29 is 24.7 Å². The first kappa shape index (κ1) is 15.9. The largest absolute Gasteiger partial charge is 0.478 e. The average Bonchev–Trinajstić information content (AvgIpc) is 2.37. The van der Waals surface area contributed by atoms with E-state index in [1.54, 1.807) is 7.05 Å². The molecule has 0 aliphatic heterocycles. The molecule has 2 N–H and O–H groups in total. The van der Waals surface area contributed by atoms with E-state index in [1.807, 2.05) is 0 Å². The Morgan fingerprint density at radius 2 is 2.20 bits per heavy atom. The Labute approximate surface area is 115 Å². The van der Waals surface area contributed by atoms with Crippen molar-refractivity contribution in [1.82, 2.24) is 0 Å². The van der Waals surface area contributed by atoms with Crippen molar-refractivity contribution in [3.05, 3.63) is 33.9 Å². The quantitative estimate of drug-likeness (QED) is 0.560. The molecule has 1 aromatic carbocycles. The predicted molar refractivity (Wildman–Crippen MR) is 71.2 cm³/mol. The molecule has 8 heteroatoms. The summed E-state index contributed by atoms with van der Waals surface area (Å²) in [5.41, 5.74) is -0.193. The minimum absolute atomic E-state index is 0.111. The lowest BCUT2D eigenvalue weighted by Crippen LogP contribution is -2.32.